The molecule has 0 atom stereocenters. The number of aromatic nitrogens is 5. The molecule has 0 saturated heterocycles. The van der Waals surface area contributed by atoms with Crippen molar-refractivity contribution < 1.29 is 4.79 Å². The first kappa shape index (κ1) is 15.8. The molecule has 1 aliphatic carbocycles. The summed E-state index contributed by atoms with van der Waals surface area (Å²) in [5.41, 5.74) is 2.03. The number of hydrogen-bond acceptors (Lipinski definition) is 4. The third-order valence-corrected chi connectivity index (χ3v) is 4.40. The van der Waals surface area contributed by atoms with E-state index in [0.717, 1.165) is 30.0 Å². The van der Waals surface area contributed by atoms with E-state index in [-0.39, 0.29) is 5.91 Å². The summed E-state index contributed by atoms with van der Waals surface area (Å²) in [6.45, 7) is 2.23. The Morgan fingerprint density at radius 1 is 1.36 bits per heavy atom. The molecule has 128 valence electrons. The van der Waals surface area contributed by atoms with E-state index in [9.17, 15) is 4.79 Å². The second kappa shape index (κ2) is 6.33. The van der Waals surface area contributed by atoms with Crippen molar-refractivity contribution in [2.75, 3.05) is 0 Å². The number of nitrogens with zero attached hydrogens (tertiary/aromatic N) is 5. The molecular weight excluding hydrogens is 340 g/mol. The highest BCUT2D eigenvalue weighted by Crippen LogP contribution is 2.35. The van der Waals surface area contributed by atoms with Crippen LogP contribution < -0.4 is 5.32 Å². The highest BCUT2D eigenvalue weighted by molar-refractivity contribution is 6.30. The fraction of sp³-hybridized carbons (Fsp3) is 0.294. The molecule has 1 amide bonds. The lowest BCUT2D eigenvalue weighted by atomic mass is 10.3. The molecule has 0 unspecified atom stereocenters. The van der Waals surface area contributed by atoms with Crippen molar-refractivity contribution in [3.8, 4) is 5.69 Å². The van der Waals surface area contributed by atoms with Crippen LogP contribution in [0.15, 0.2) is 36.7 Å². The van der Waals surface area contributed by atoms with Gasteiger partial charge in [-0.05, 0) is 44.0 Å². The third kappa shape index (κ3) is 3.28. The van der Waals surface area contributed by atoms with Crippen LogP contribution in [0.2, 0.25) is 5.02 Å². The van der Waals surface area contributed by atoms with Crippen molar-refractivity contribution in [1.82, 2.24) is 29.9 Å². The molecule has 1 aromatic carbocycles. The molecule has 0 spiro atoms. The Morgan fingerprint density at radius 2 is 2.20 bits per heavy atom. The summed E-state index contributed by atoms with van der Waals surface area (Å²) < 4.78 is 3.73. The van der Waals surface area contributed by atoms with E-state index >= 15 is 0 Å². The number of nitrogens with one attached hydrogen (secondary N) is 1. The summed E-state index contributed by atoms with van der Waals surface area (Å²) >= 11 is 6.03. The molecule has 0 radical (unpaired) electrons. The number of halogens is 1. The summed E-state index contributed by atoms with van der Waals surface area (Å²) in [4.78, 5) is 12.4. The van der Waals surface area contributed by atoms with Gasteiger partial charge in [-0.1, -0.05) is 17.7 Å². The van der Waals surface area contributed by atoms with E-state index in [1.54, 1.807) is 29.2 Å². The van der Waals surface area contributed by atoms with Crippen LogP contribution in [0.3, 0.4) is 0 Å². The van der Waals surface area contributed by atoms with Crippen LogP contribution in [0.4, 0.5) is 0 Å². The summed E-state index contributed by atoms with van der Waals surface area (Å²) in [5.74, 6) is 0.524. The van der Waals surface area contributed by atoms with Crippen molar-refractivity contribution in [3.63, 3.8) is 0 Å². The lowest BCUT2D eigenvalue weighted by Crippen LogP contribution is -2.25. The SMILES string of the molecule is Cc1cc(C(=O)NCc2nncn2C2CC2)nn1-c1cccc(Cl)c1. The molecule has 0 aliphatic heterocycles. The van der Waals surface area contributed by atoms with Crippen molar-refractivity contribution >= 4 is 17.5 Å². The van der Waals surface area contributed by atoms with E-state index in [4.69, 9.17) is 11.6 Å². The Balaban J connectivity index is 1.49. The van der Waals surface area contributed by atoms with E-state index in [1.807, 2.05) is 23.6 Å². The third-order valence-electron chi connectivity index (χ3n) is 4.17. The monoisotopic (exact) mass is 356 g/mol. The number of hydrogen-bond donors (Lipinski definition) is 1. The van der Waals surface area contributed by atoms with Crippen LogP contribution in [0, 0.1) is 6.92 Å². The van der Waals surface area contributed by atoms with E-state index in [0.29, 0.717) is 23.3 Å². The van der Waals surface area contributed by atoms with Gasteiger partial charge in [-0.3, -0.25) is 4.79 Å². The second-order valence-corrected chi connectivity index (χ2v) is 6.57. The molecule has 1 saturated carbocycles. The number of carbonyl (C=O) groups excluding carboxylic acids is 1. The minimum Gasteiger partial charge on any atom is -0.343 e. The largest absolute Gasteiger partial charge is 0.343 e. The van der Waals surface area contributed by atoms with Crippen LogP contribution in [0.5, 0.6) is 0 Å². The van der Waals surface area contributed by atoms with Gasteiger partial charge in [-0.25, -0.2) is 4.68 Å². The first-order chi connectivity index (χ1) is 12.1. The van der Waals surface area contributed by atoms with Crippen molar-refractivity contribution in [2.24, 2.45) is 0 Å². The molecule has 8 heteroatoms. The van der Waals surface area contributed by atoms with Crippen LogP contribution in [-0.4, -0.2) is 30.5 Å². The van der Waals surface area contributed by atoms with Crippen molar-refractivity contribution in [1.29, 1.82) is 0 Å². The highest BCUT2D eigenvalue weighted by Gasteiger charge is 2.26. The second-order valence-electron chi connectivity index (χ2n) is 6.13. The zero-order chi connectivity index (χ0) is 17.4. The standard InChI is InChI=1S/C17H17ClN6O/c1-11-7-15(22-24(11)14-4-2-3-12(18)8-14)17(25)19-9-16-21-20-10-23(16)13-5-6-13/h2-4,7-8,10,13H,5-6,9H2,1H3,(H,19,25). The summed E-state index contributed by atoms with van der Waals surface area (Å²) in [6, 6.07) is 9.58. The predicted octanol–water partition coefficient (Wildman–Crippen LogP) is 2.69. The van der Waals surface area contributed by atoms with E-state index < -0.39 is 0 Å². The van der Waals surface area contributed by atoms with Crippen LogP contribution in [0.1, 0.15) is 40.9 Å². The molecule has 2 aromatic heterocycles. The first-order valence-electron chi connectivity index (χ1n) is 8.11. The highest BCUT2D eigenvalue weighted by atomic mass is 35.5. The Bertz CT molecular complexity index is 927. The molecule has 1 fully saturated rings. The van der Waals surface area contributed by atoms with Gasteiger partial charge in [0, 0.05) is 16.8 Å². The van der Waals surface area contributed by atoms with Crippen LogP contribution in [-0.2, 0) is 6.54 Å². The molecule has 1 aliphatic rings. The summed E-state index contributed by atoms with van der Waals surface area (Å²) in [5, 5.41) is 15.9. The van der Waals surface area contributed by atoms with Gasteiger partial charge in [0.1, 0.15) is 6.33 Å². The molecule has 25 heavy (non-hydrogen) atoms. The van der Waals surface area contributed by atoms with E-state index in [2.05, 4.69) is 20.6 Å². The van der Waals surface area contributed by atoms with E-state index in [1.165, 1.54) is 0 Å². The fourth-order valence-electron chi connectivity index (χ4n) is 2.76. The summed E-state index contributed by atoms with van der Waals surface area (Å²) in [6.07, 6.45) is 4.00. The maximum Gasteiger partial charge on any atom is 0.272 e. The minimum atomic E-state index is -0.241. The maximum atomic E-state index is 12.4. The first-order valence-corrected chi connectivity index (χ1v) is 8.49. The molecule has 0 bridgehead atoms. The number of benzene rings is 1. The average Bonchev–Trinajstić information content (AvgIpc) is 3.20. The summed E-state index contributed by atoms with van der Waals surface area (Å²) in [7, 11) is 0. The zero-order valence-corrected chi connectivity index (χ0v) is 14.4. The Kier molecular flexibility index (Phi) is 4.01. The van der Waals surface area contributed by atoms with Gasteiger partial charge in [0.05, 0.1) is 12.2 Å². The fourth-order valence-corrected chi connectivity index (χ4v) is 2.94. The topological polar surface area (TPSA) is 77.6 Å². The quantitative estimate of drug-likeness (QED) is 0.762. The molecule has 3 aromatic rings. The minimum absolute atomic E-state index is 0.241. The zero-order valence-electron chi connectivity index (χ0n) is 13.7. The maximum absolute atomic E-state index is 12.4. The molecule has 1 N–H and O–H groups in total. The number of amides is 1. The predicted molar refractivity (Wildman–Crippen MR) is 92.8 cm³/mol. The number of rotatable bonds is 5. The molecule has 4 rings (SSSR count). The molecule has 7 nitrogen and oxygen atoms in total. The van der Waals surface area contributed by atoms with Gasteiger partial charge in [0.25, 0.3) is 5.91 Å². The lowest BCUT2D eigenvalue weighted by molar-refractivity contribution is 0.0944. The Morgan fingerprint density at radius 3 is 2.96 bits per heavy atom. The lowest BCUT2D eigenvalue weighted by Gasteiger charge is -2.06. The van der Waals surface area contributed by atoms with Crippen LogP contribution >= 0.6 is 11.6 Å². The van der Waals surface area contributed by atoms with Crippen molar-refractivity contribution in [2.45, 2.75) is 32.4 Å². The Hall–Kier alpha value is -2.67. The number of carbonyl (C=O) groups is 1. The van der Waals surface area contributed by atoms with Gasteiger partial charge in [0.15, 0.2) is 11.5 Å². The Labute approximate surface area is 149 Å². The van der Waals surface area contributed by atoms with Gasteiger partial charge in [-0.2, -0.15) is 5.10 Å². The smallest absolute Gasteiger partial charge is 0.272 e. The van der Waals surface area contributed by atoms with Gasteiger partial charge >= 0.3 is 0 Å². The normalized spacial score (nSPS) is 13.8. The molecular formula is C17H17ClN6O. The van der Waals surface area contributed by atoms with Gasteiger partial charge in [0.2, 0.25) is 0 Å². The average molecular weight is 357 g/mol. The number of aryl methyl sites for hydroxylation is 1. The van der Waals surface area contributed by atoms with Gasteiger partial charge in [-0.15, -0.1) is 10.2 Å². The molecule has 2 heterocycles. The van der Waals surface area contributed by atoms with Crippen LogP contribution in [0.25, 0.3) is 5.69 Å². The van der Waals surface area contributed by atoms with Crippen molar-refractivity contribution in [3.05, 3.63) is 58.9 Å². The van der Waals surface area contributed by atoms with Gasteiger partial charge < -0.3 is 9.88 Å².